The first-order chi connectivity index (χ1) is 11.0. The van der Waals surface area contributed by atoms with E-state index in [-0.39, 0.29) is 23.6 Å². The van der Waals surface area contributed by atoms with Gasteiger partial charge in [0.2, 0.25) is 0 Å². The number of nitrogens with zero attached hydrogens (tertiary/aromatic N) is 1. The molecule has 0 bridgehead atoms. The molecule has 0 aromatic heterocycles. The van der Waals surface area contributed by atoms with Crippen LogP contribution in [0.15, 0.2) is 28.2 Å². The molecule has 0 heterocycles. The van der Waals surface area contributed by atoms with E-state index in [0.29, 0.717) is 0 Å². The van der Waals surface area contributed by atoms with Gasteiger partial charge in [0, 0.05) is 6.04 Å². The molecular formula is C18H21BrN2O2. The predicted molar refractivity (Wildman–Crippen MR) is 93.9 cm³/mol. The standard InChI is InChI=1S/C18H21BrN2O2/c1-12(2)23-17-8-7-13(10-16(17)19)9-14(11-20)18(22)21-15-5-3-4-6-15/h7-10,12,15H,3-6H2,1-2H3,(H,21,22)/b14-9-. The van der Waals surface area contributed by atoms with Crippen molar-refractivity contribution in [1.29, 1.82) is 5.26 Å². The van der Waals surface area contributed by atoms with Crippen LogP contribution in [0.3, 0.4) is 0 Å². The molecule has 0 radical (unpaired) electrons. The van der Waals surface area contributed by atoms with E-state index in [0.717, 1.165) is 41.5 Å². The van der Waals surface area contributed by atoms with Gasteiger partial charge in [-0.05, 0) is 66.4 Å². The van der Waals surface area contributed by atoms with Crippen LogP contribution in [0.1, 0.15) is 45.1 Å². The maximum Gasteiger partial charge on any atom is 0.262 e. The summed E-state index contributed by atoms with van der Waals surface area (Å²) in [6.45, 7) is 3.92. The Kier molecular flexibility index (Phi) is 6.23. The van der Waals surface area contributed by atoms with E-state index in [2.05, 4.69) is 21.2 Å². The molecule has 0 spiro atoms. The molecule has 1 aromatic rings. The van der Waals surface area contributed by atoms with E-state index in [4.69, 9.17) is 4.74 Å². The highest BCUT2D eigenvalue weighted by atomic mass is 79.9. The predicted octanol–water partition coefficient (Wildman–Crippen LogP) is 4.20. The zero-order valence-electron chi connectivity index (χ0n) is 13.4. The van der Waals surface area contributed by atoms with Gasteiger partial charge in [-0.1, -0.05) is 18.9 Å². The number of rotatable bonds is 5. The van der Waals surface area contributed by atoms with Crippen molar-refractivity contribution in [2.75, 3.05) is 0 Å². The molecule has 5 heteroatoms. The van der Waals surface area contributed by atoms with E-state index in [1.807, 2.05) is 38.1 Å². The lowest BCUT2D eigenvalue weighted by molar-refractivity contribution is -0.117. The molecule has 1 fully saturated rings. The molecule has 0 saturated heterocycles. The lowest BCUT2D eigenvalue weighted by Crippen LogP contribution is -2.33. The number of halogens is 1. The average molecular weight is 377 g/mol. The normalized spacial score (nSPS) is 15.5. The van der Waals surface area contributed by atoms with Gasteiger partial charge in [-0.25, -0.2) is 0 Å². The third-order valence-corrected chi connectivity index (χ3v) is 4.30. The zero-order chi connectivity index (χ0) is 16.8. The van der Waals surface area contributed by atoms with Crippen molar-refractivity contribution in [1.82, 2.24) is 5.32 Å². The number of nitrogens with one attached hydrogen (secondary N) is 1. The number of hydrogen-bond donors (Lipinski definition) is 1. The molecule has 4 nitrogen and oxygen atoms in total. The summed E-state index contributed by atoms with van der Waals surface area (Å²) in [4.78, 5) is 12.2. The van der Waals surface area contributed by atoms with Crippen LogP contribution in [-0.4, -0.2) is 18.1 Å². The van der Waals surface area contributed by atoms with Crippen LogP contribution in [0.5, 0.6) is 5.75 Å². The van der Waals surface area contributed by atoms with Gasteiger partial charge in [0.25, 0.3) is 5.91 Å². The highest BCUT2D eigenvalue weighted by Gasteiger charge is 2.19. The summed E-state index contributed by atoms with van der Waals surface area (Å²) < 4.78 is 6.46. The average Bonchev–Trinajstić information content (AvgIpc) is 2.99. The zero-order valence-corrected chi connectivity index (χ0v) is 15.0. The molecule has 1 aliphatic rings. The van der Waals surface area contributed by atoms with Gasteiger partial charge in [0.05, 0.1) is 10.6 Å². The monoisotopic (exact) mass is 376 g/mol. The summed E-state index contributed by atoms with van der Waals surface area (Å²) in [6.07, 6.45) is 5.96. The van der Waals surface area contributed by atoms with Gasteiger partial charge < -0.3 is 10.1 Å². The molecule has 1 aliphatic carbocycles. The number of hydrogen-bond acceptors (Lipinski definition) is 3. The Labute approximate surface area is 145 Å². The van der Waals surface area contributed by atoms with E-state index in [9.17, 15) is 10.1 Å². The van der Waals surface area contributed by atoms with Crippen molar-refractivity contribution in [2.24, 2.45) is 0 Å². The highest BCUT2D eigenvalue weighted by molar-refractivity contribution is 9.10. The van der Waals surface area contributed by atoms with E-state index in [1.54, 1.807) is 6.08 Å². The van der Waals surface area contributed by atoms with Gasteiger partial charge in [0.15, 0.2) is 0 Å². The molecular weight excluding hydrogens is 356 g/mol. The number of amides is 1. The Balaban J connectivity index is 2.12. The third-order valence-electron chi connectivity index (χ3n) is 3.69. The first kappa shape index (κ1) is 17.6. The number of carbonyl (C=O) groups is 1. The minimum Gasteiger partial charge on any atom is -0.490 e. The summed E-state index contributed by atoms with van der Waals surface area (Å²) in [6, 6.07) is 7.71. The van der Waals surface area contributed by atoms with Gasteiger partial charge in [-0.3, -0.25) is 4.79 Å². The number of benzene rings is 1. The second kappa shape index (κ2) is 8.16. The summed E-state index contributed by atoms with van der Waals surface area (Å²) in [7, 11) is 0. The largest absolute Gasteiger partial charge is 0.490 e. The first-order valence-electron chi connectivity index (χ1n) is 7.88. The van der Waals surface area contributed by atoms with Crippen molar-refractivity contribution in [3.05, 3.63) is 33.8 Å². The molecule has 0 aliphatic heterocycles. The van der Waals surface area contributed by atoms with Crippen molar-refractivity contribution in [3.8, 4) is 11.8 Å². The fourth-order valence-electron chi connectivity index (χ4n) is 2.60. The Bertz CT molecular complexity index is 641. The van der Waals surface area contributed by atoms with E-state index < -0.39 is 0 Å². The third kappa shape index (κ3) is 5.11. The van der Waals surface area contributed by atoms with Crippen LogP contribution in [0, 0.1) is 11.3 Å². The number of carbonyl (C=O) groups excluding carboxylic acids is 1. The van der Waals surface area contributed by atoms with Gasteiger partial charge in [-0.2, -0.15) is 5.26 Å². The van der Waals surface area contributed by atoms with E-state index in [1.165, 1.54) is 0 Å². The van der Waals surface area contributed by atoms with Crippen molar-refractivity contribution in [3.63, 3.8) is 0 Å². The SMILES string of the molecule is CC(C)Oc1ccc(/C=C(/C#N)C(=O)NC2CCCC2)cc1Br. The molecule has 1 amide bonds. The molecule has 2 rings (SSSR count). The lowest BCUT2D eigenvalue weighted by atomic mass is 10.1. The van der Waals surface area contributed by atoms with Crippen LogP contribution >= 0.6 is 15.9 Å². The van der Waals surface area contributed by atoms with Crippen LogP contribution in [0.4, 0.5) is 0 Å². The van der Waals surface area contributed by atoms with E-state index >= 15 is 0 Å². The minimum absolute atomic E-state index is 0.0829. The Morgan fingerprint density at radius 3 is 2.70 bits per heavy atom. The quantitative estimate of drug-likeness (QED) is 0.618. The van der Waals surface area contributed by atoms with Gasteiger partial charge >= 0.3 is 0 Å². The summed E-state index contributed by atoms with van der Waals surface area (Å²) in [5, 5.41) is 12.2. The Morgan fingerprint density at radius 2 is 2.13 bits per heavy atom. The lowest BCUT2D eigenvalue weighted by Gasteiger charge is -2.12. The first-order valence-corrected chi connectivity index (χ1v) is 8.67. The fraction of sp³-hybridized carbons (Fsp3) is 0.444. The maximum atomic E-state index is 12.2. The van der Waals surface area contributed by atoms with Crippen molar-refractivity contribution in [2.45, 2.75) is 51.7 Å². The molecule has 1 N–H and O–H groups in total. The second-order valence-corrected chi connectivity index (χ2v) is 6.84. The smallest absolute Gasteiger partial charge is 0.262 e. The fourth-order valence-corrected chi connectivity index (χ4v) is 3.09. The molecule has 0 unspecified atom stereocenters. The van der Waals surface area contributed by atoms with Crippen LogP contribution < -0.4 is 10.1 Å². The Hall–Kier alpha value is -1.80. The van der Waals surface area contributed by atoms with Gasteiger partial charge in [0.1, 0.15) is 17.4 Å². The molecule has 23 heavy (non-hydrogen) atoms. The number of ether oxygens (including phenoxy) is 1. The number of nitriles is 1. The maximum absolute atomic E-state index is 12.2. The minimum atomic E-state index is -0.293. The topological polar surface area (TPSA) is 62.1 Å². The molecule has 0 atom stereocenters. The summed E-state index contributed by atoms with van der Waals surface area (Å²) >= 11 is 3.46. The van der Waals surface area contributed by atoms with Gasteiger partial charge in [-0.15, -0.1) is 0 Å². The molecule has 1 aromatic carbocycles. The Morgan fingerprint density at radius 1 is 1.43 bits per heavy atom. The van der Waals surface area contributed by atoms with Crippen LogP contribution in [0.25, 0.3) is 6.08 Å². The molecule has 122 valence electrons. The second-order valence-electron chi connectivity index (χ2n) is 5.98. The van der Waals surface area contributed by atoms with Crippen LogP contribution in [-0.2, 0) is 4.79 Å². The highest BCUT2D eigenvalue weighted by Crippen LogP contribution is 2.28. The van der Waals surface area contributed by atoms with Crippen molar-refractivity contribution < 1.29 is 9.53 Å². The summed E-state index contributed by atoms with van der Waals surface area (Å²) in [5.74, 6) is 0.448. The molecule has 1 saturated carbocycles. The van der Waals surface area contributed by atoms with Crippen LogP contribution in [0.2, 0.25) is 0 Å². The summed E-state index contributed by atoms with van der Waals surface area (Å²) in [5.41, 5.74) is 0.910. The van der Waals surface area contributed by atoms with Crippen molar-refractivity contribution >= 4 is 27.9 Å².